The van der Waals surface area contributed by atoms with Crippen LogP contribution in [-0.2, 0) is 17.3 Å². The summed E-state index contributed by atoms with van der Waals surface area (Å²) in [6.07, 6.45) is 3.27. The predicted molar refractivity (Wildman–Crippen MR) is 61.0 cm³/mol. The van der Waals surface area contributed by atoms with Gasteiger partial charge in [0.05, 0.1) is 6.54 Å². The molecule has 1 unspecified atom stereocenters. The van der Waals surface area contributed by atoms with E-state index in [4.69, 9.17) is 0 Å². The summed E-state index contributed by atoms with van der Waals surface area (Å²) < 4.78 is 12.7. The average molecular weight is 230 g/mol. The van der Waals surface area contributed by atoms with Crippen LogP contribution in [0, 0.1) is 0 Å². The number of nitrogens with one attached hydrogen (secondary N) is 1. The summed E-state index contributed by atoms with van der Waals surface area (Å²) in [5, 5.41) is 7.33. The fraction of sp³-hybridized carbons (Fsp3) is 0.778. The largest absolute Gasteiger partial charge is 0.309 e. The molecule has 0 aromatic carbocycles. The summed E-state index contributed by atoms with van der Waals surface area (Å²) in [7, 11) is -0.733. The number of rotatable bonds is 6. The van der Waals surface area contributed by atoms with Crippen LogP contribution in [0.4, 0.5) is 0 Å². The molecular formula is C9H18N4OS. The Morgan fingerprint density at radius 2 is 2.33 bits per heavy atom. The minimum atomic E-state index is -0.733. The van der Waals surface area contributed by atoms with Gasteiger partial charge in [-0.15, -0.1) is 0 Å². The van der Waals surface area contributed by atoms with E-state index >= 15 is 0 Å². The minimum absolute atomic E-state index is 0.324. The van der Waals surface area contributed by atoms with Gasteiger partial charge in [-0.05, 0) is 13.8 Å². The highest BCUT2D eigenvalue weighted by atomic mass is 32.2. The molecule has 5 nitrogen and oxygen atoms in total. The van der Waals surface area contributed by atoms with E-state index in [0.717, 1.165) is 12.4 Å². The first-order chi connectivity index (χ1) is 7.11. The van der Waals surface area contributed by atoms with Gasteiger partial charge in [0.1, 0.15) is 12.2 Å². The van der Waals surface area contributed by atoms with Crippen LogP contribution in [0.15, 0.2) is 6.33 Å². The third kappa shape index (κ3) is 4.09. The minimum Gasteiger partial charge on any atom is -0.309 e. The fourth-order valence-corrected chi connectivity index (χ4v) is 1.68. The van der Waals surface area contributed by atoms with E-state index in [1.165, 1.54) is 0 Å². The Morgan fingerprint density at radius 3 is 2.93 bits per heavy atom. The van der Waals surface area contributed by atoms with Crippen molar-refractivity contribution in [1.29, 1.82) is 0 Å². The Hall–Kier alpha value is -0.750. The lowest BCUT2D eigenvalue weighted by Crippen LogP contribution is -2.22. The van der Waals surface area contributed by atoms with E-state index in [9.17, 15) is 4.21 Å². The zero-order valence-electron chi connectivity index (χ0n) is 9.43. The molecule has 0 saturated carbocycles. The van der Waals surface area contributed by atoms with Crippen molar-refractivity contribution in [3.63, 3.8) is 0 Å². The zero-order chi connectivity index (χ0) is 11.3. The first-order valence-electron chi connectivity index (χ1n) is 5.00. The van der Waals surface area contributed by atoms with Crippen LogP contribution in [0.25, 0.3) is 0 Å². The molecule has 0 bridgehead atoms. The Bertz CT molecular complexity index is 324. The summed E-state index contributed by atoms with van der Waals surface area (Å²) >= 11 is 0. The summed E-state index contributed by atoms with van der Waals surface area (Å²) in [6.45, 7) is 5.56. The monoisotopic (exact) mass is 230 g/mol. The molecule has 1 aromatic heterocycles. The molecule has 0 aliphatic heterocycles. The lowest BCUT2D eigenvalue weighted by Gasteiger charge is -2.09. The fourth-order valence-electron chi connectivity index (χ4n) is 1.25. The third-order valence-electron chi connectivity index (χ3n) is 1.99. The van der Waals surface area contributed by atoms with E-state index in [0.29, 0.717) is 18.3 Å². The van der Waals surface area contributed by atoms with Gasteiger partial charge in [0.25, 0.3) is 0 Å². The van der Waals surface area contributed by atoms with Crippen molar-refractivity contribution >= 4 is 10.8 Å². The highest BCUT2D eigenvalue weighted by molar-refractivity contribution is 7.84. The first-order valence-corrected chi connectivity index (χ1v) is 6.73. The van der Waals surface area contributed by atoms with Crippen molar-refractivity contribution in [1.82, 2.24) is 20.1 Å². The van der Waals surface area contributed by atoms with E-state index in [1.807, 2.05) is 4.68 Å². The number of nitrogens with zero attached hydrogens (tertiary/aromatic N) is 3. The van der Waals surface area contributed by atoms with Crippen LogP contribution >= 0.6 is 0 Å². The van der Waals surface area contributed by atoms with Gasteiger partial charge in [-0.2, -0.15) is 5.10 Å². The normalized spacial score (nSPS) is 13.3. The maximum atomic E-state index is 10.8. The summed E-state index contributed by atoms with van der Waals surface area (Å²) in [6, 6.07) is 0.324. The van der Waals surface area contributed by atoms with E-state index < -0.39 is 10.8 Å². The number of aromatic nitrogens is 3. The molecule has 1 heterocycles. The average Bonchev–Trinajstić information content (AvgIpc) is 2.60. The first kappa shape index (κ1) is 12.3. The van der Waals surface area contributed by atoms with Crippen molar-refractivity contribution in [2.24, 2.45) is 0 Å². The quantitative estimate of drug-likeness (QED) is 0.715. The molecule has 86 valence electrons. The third-order valence-corrected chi connectivity index (χ3v) is 2.76. The predicted octanol–water partition coefficient (Wildman–Crippen LogP) is 0.327. The van der Waals surface area contributed by atoms with Gasteiger partial charge in [0, 0.05) is 35.4 Å². The molecule has 0 spiro atoms. The maximum Gasteiger partial charge on any atom is 0.141 e. The Balaban J connectivity index is 2.37. The van der Waals surface area contributed by atoms with Gasteiger partial charge in [-0.1, -0.05) is 0 Å². The van der Waals surface area contributed by atoms with Crippen LogP contribution in [0.5, 0.6) is 0 Å². The second kappa shape index (κ2) is 5.97. The molecule has 0 aliphatic rings. The van der Waals surface area contributed by atoms with Crippen LogP contribution < -0.4 is 5.32 Å². The van der Waals surface area contributed by atoms with Gasteiger partial charge in [0.2, 0.25) is 0 Å². The van der Waals surface area contributed by atoms with Gasteiger partial charge in [-0.3, -0.25) is 4.21 Å². The lowest BCUT2D eigenvalue weighted by atomic mass is 10.4. The molecule has 15 heavy (non-hydrogen) atoms. The molecule has 1 rings (SSSR count). The van der Waals surface area contributed by atoms with Crippen molar-refractivity contribution in [2.75, 3.05) is 18.6 Å². The van der Waals surface area contributed by atoms with Crippen LogP contribution in [0.1, 0.15) is 25.7 Å². The number of hydrogen-bond acceptors (Lipinski definition) is 4. The van der Waals surface area contributed by atoms with Gasteiger partial charge < -0.3 is 5.32 Å². The van der Waals surface area contributed by atoms with Crippen molar-refractivity contribution < 1.29 is 4.21 Å². The van der Waals surface area contributed by atoms with Gasteiger partial charge in [0.15, 0.2) is 0 Å². The summed E-state index contributed by atoms with van der Waals surface area (Å²) in [5.74, 6) is 1.60. The van der Waals surface area contributed by atoms with Crippen molar-refractivity contribution in [3.8, 4) is 0 Å². The Kier molecular flexibility index (Phi) is 4.90. The highest BCUT2D eigenvalue weighted by Gasteiger charge is 2.06. The van der Waals surface area contributed by atoms with Gasteiger partial charge in [-0.25, -0.2) is 9.67 Å². The summed E-state index contributed by atoms with van der Waals surface area (Å²) in [5.41, 5.74) is 0. The molecular weight excluding hydrogens is 212 g/mol. The van der Waals surface area contributed by atoms with Crippen LogP contribution in [-0.4, -0.2) is 37.5 Å². The molecule has 0 radical (unpaired) electrons. The Labute approximate surface area is 92.7 Å². The molecule has 1 atom stereocenters. The smallest absolute Gasteiger partial charge is 0.141 e. The molecule has 0 saturated heterocycles. The van der Waals surface area contributed by atoms with Crippen LogP contribution in [0.3, 0.4) is 0 Å². The Morgan fingerprint density at radius 1 is 1.60 bits per heavy atom. The second-order valence-corrected chi connectivity index (χ2v) is 5.22. The van der Waals surface area contributed by atoms with E-state index in [-0.39, 0.29) is 0 Å². The van der Waals surface area contributed by atoms with Crippen LogP contribution in [0.2, 0.25) is 0 Å². The molecule has 6 heteroatoms. The topological polar surface area (TPSA) is 59.8 Å². The van der Waals surface area contributed by atoms with E-state index in [2.05, 4.69) is 29.2 Å². The van der Waals surface area contributed by atoms with Gasteiger partial charge >= 0.3 is 0 Å². The van der Waals surface area contributed by atoms with E-state index in [1.54, 1.807) is 12.6 Å². The second-order valence-electron chi connectivity index (χ2n) is 3.67. The zero-order valence-corrected chi connectivity index (χ0v) is 10.3. The maximum absolute atomic E-state index is 10.8. The number of hydrogen-bond donors (Lipinski definition) is 1. The van der Waals surface area contributed by atoms with Crippen molar-refractivity contribution in [3.05, 3.63) is 12.2 Å². The molecule has 0 amide bonds. The lowest BCUT2D eigenvalue weighted by molar-refractivity contribution is 0.493. The standard InChI is InChI=1S/C9H18N4OS/c1-8(2)13-9(11-7-12-13)6-10-4-5-15(3)14/h7-8,10H,4-6H2,1-3H3. The molecule has 1 aromatic rings. The molecule has 1 N–H and O–H groups in total. The summed E-state index contributed by atoms with van der Waals surface area (Å²) in [4.78, 5) is 4.17. The SMILES string of the molecule is CC(C)n1ncnc1CNCCS(C)=O. The van der Waals surface area contributed by atoms with Crippen molar-refractivity contribution in [2.45, 2.75) is 26.4 Å². The highest BCUT2D eigenvalue weighted by Crippen LogP contribution is 2.04. The molecule has 0 aliphatic carbocycles. The molecule has 0 fully saturated rings.